The van der Waals surface area contributed by atoms with Crippen LogP contribution in [0.25, 0.3) is 10.9 Å². The van der Waals surface area contributed by atoms with Crippen LogP contribution in [0.2, 0.25) is 0 Å². The van der Waals surface area contributed by atoms with E-state index in [1.54, 1.807) is 0 Å². The number of nitro groups is 2. The number of benzene rings is 1. The molecule has 2 N–H and O–H groups in total. The summed E-state index contributed by atoms with van der Waals surface area (Å²) < 4.78 is 0. The van der Waals surface area contributed by atoms with Gasteiger partial charge in [0.1, 0.15) is 0 Å². The van der Waals surface area contributed by atoms with E-state index < -0.39 is 32.5 Å². The number of hydrogen-bond donors (Lipinski definition) is 2. The van der Waals surface area contributed by atoms with Gasteiger partial charge in [0, 0.05) is 12.1 Å². The lowest BCUT2D eigenvalue weighted by molar-refractivity contribution is -0.393. The number of aromatic hydroxyl groups is 1. The van der Waals surface area contributed by atoms with E-state index in [0.29, 0.717) is 0 Å². The molecule has 0 unspecified atom stereocenters. The average Bonchev–Trinajstić information content (AvgIpc) is 2.29. The summed E-state index contributed by atoms with van der Waals surface area (Å²) in [5, 5.41) is 30.5. The predicted molar refractivity (Wildman–Crippen MR) is 59.5 cm³/mol. The van der Waals surface area contributed by atoms with Crippen LogP contribution in [0.1, 0.15) is 0 Å². The van der Waals surface area contributed by atoms with Crippen LogP contribution in [-0.4, -0.2) is 19.9 Å². The van der Waals surface area contributed by atoms with Crippen LogP contribution in [-0.2, 0) is 0 Å². The maximum absolute atomic E-state index is 11.2. The molecule has 18 heavy (non-hydrogen) atoms. The highest BCUT2D eigenvalue weighted by molar-refractivity contribution is 5.90. The van der Waals surface area contributed by atoms with Gasteiger partial charge in [-0.1, -0.05) is 0 Å². The van der Waals surface area contributed by atoms with Crippen molar-refractivity contribution in [2.75, 3.05) is 0 Å². The largest absolute Gasteiger partial charge is 0.503 e. The van der Waals surface area contributed by atoms with Crippen LogP contribution < -0.4 is 5.56 Å². The number of rotatable bonds is 2. The van der Waals surface area contributed by atoms with Crippen LogP contribution in [0.15, 0.2) is 23.0 Å². The van der Waals surface area contributed by atoms with Crippen molar-refractivity contribution in [3.63, 3.8) is 0 Å². The van der Waals surface area contributed by atoms with E-state index in [1.165, 1.54) is 0 Å². The van der Waals surface area contributed by atoms with Crippen molar-refractivity contribution < 1.29 is 15.0 Å². The van der Waals surface area contributed by atoms with Crippen LogP contribution >= 0.6 is 0 Å². The number of nitro benzene ring substituents is 2. The van der Waals surface area contributed by atoms with Crippen molar-refractivity contribution >= 4 is 22.3 Å². The second kappa shape index (κ2) is 3.80. The van der Waals surface area contributed by atoms with E-state index in [2.05, 4.69) is 4.98 Å². The molecule has 0 amide bonds. The third kappa shape index (κ3) is 1.73. The van der Waals surface area contributed by atoms with Gasteiger partial charge in [0.15, 0.2) is 5.75 Å². The Hall–Kier alpha value is -2.97. The maximum atomic E-state index is 11.2. The number of hydrogen-bond acceptors (Lipinski definition) is 6. The zero-order valence-corrected chi connectivity index (χ0v) is 8.61. The van der Waals surface area contributed by atoms with Crippen LogP contribution in [0.4, 0.5) is 11.4 Å². The summed E-state index contributed by atoms with van der Waals surface area (Å²) in [6.45, 7) is 0. The van der Waals surface area contributed by atoms with E-state index in [4.69, 9.17) is 0 Å². The minimum Gasteiger partial charge on any atom is -0.503 e. The molecular formula is C9H5N3O6. The molecule has 0 saturated carbocycles. The highest BCUT2D eigenvalue weighted by atomic mass is 16.6. The van der Waals surface area contributed by atoms with E-state index >= 15 is 0 Å². The van der Waals surface area contributed by atoms with Crippen LogP contribution in [0, 0.1) is 20.2 Å². The van der Waals surface area contributed by atoms with Crippen molar-refractivity contribution in [2.45, 2.75) is 0 Å². The first kappa shape index (κ1) is 11.5. The summed E-state index contributed by atoms with van der Waals surface area (Å²) in [4.78, 5) is 33.1. The smallest absolute Gasteiger partial charge is 0.290 e. The second-order valence-electron chi connectivity index (χ2n) is 3.42. The summed E-state index contributed by atoms with van der Waals surface area (Å²) in [5.74, 6) is -0.695. The molecule has 2 rings (SSSR count). The number of pyridine rings is 1. The molecule has 2 aromatic rings. The van der Waals surface area contributed by atoms with Gasteiger partial charge < -0.3 is 10.1 Å². The molecule has 1 aromatic heterocycles. The molecule has 9 heteroatoms. The third-order valence-electron chi connectivity index (χ3n) is 2.31. The van der Waals surface area contributed by atoms with Crippen LogP contribution in [0.5, 0.6) is 5.75 Å². The van der Waals surface area contributed by atoms with Gasteiger partial charge in [0.25, 0.3) is 16.9 Å². The minimum absolute atomic E-state index is 0.0808. The number of H-pyrrole nitrogens is 1. The summed E-state index contributed by atoms with van der Waals surface area (Å²) >= 11 is 0. The monoisotopic (exact) mass is 251 g/mol. The molecule has 1 heterocycles. The van der Waals surface area contributed by atoms with E-state index in [-0.39, 0.29) is 10.9 Å². The van der Waals surface area contributed by atoms with E-state index in [9.17, 15) is 30.1 Å². The number of aromatic amines is 1. The molecule has 0 saturated heterocycles. The third-order valence-corrected chi connectivity index (χ3v) is 2.31. The zero-order valence-electron chi connectivity index (χ0n) is 8.61. The quantitative estimate of drug-likeness (QED) is 0.603. The molecule has 0 radical (unpaired) electrons. The first-order valence-electron chi connectivity index (χ1n) is 4.59. The Balaban J connectivity index is 2.94. The van der Waals surface area contributed by atoms with Gasteiger partial charge in [0.05, 0.1) is 26.8 Å². The zero-order chi connectivity index (χ0) is 13.4. The molecule has 0 spiro atoms. The number of fused-ring (bicyclic) bond motifs is 1. The minimum atomic E-state index is -0.878. The van der Waals surface area contributed by atoms with Gasteiger partial charge in [0.2, 0.25) is 0 Å². The molecule has 0 aliphatic carbocycles. The Morgan fingerprint density at radius 2 is 1.78 bits per heavy atom. The Bertz CT molecular complexity index is 735. The van der Waals surface area contributed by atoms with E-state index in [1.807, 2.05) is 0 Å². The average molecular weight is 251 g/mol. The van der Waals surface area contributed by atoms with Crippen molar-refractivity contribution in [3.8, 4) is 5.75 Å². The fourth-order valence-electron chi connectivity index (χ4n) is 1.52. The lowest BCUT2D eigenvalue weighted by atomic mass is 10.1. The van der Waals surface area contributed by atoms with Crippen LogP contribution in [0.3, 0.4) is 0 Å². The van der Waals surface area contributed by atoms with Gasteiger partial charge in [-0.25, -0.2) is 0 Å². The molecule has 1 aromatic carbocycles. The molecule has 0 aliphatic heterocycles. The molecule has 0 bridgehead atoms. The van der Waals surface area contributed by atoms with Gasteiger partial charge in [-0.2, -0.15) is 0 Å². The Kier molecular flexibility index (Phi) is 2.43. The van der Waals surface area contributed by atoms with Gasteiger partial charge >= 0.3 is 0 Å². The Morgan fingerprint density at radius 3 is 2.33 bits per heavy atom. The summed E-state index contributed by atoms with van der Waals surface area (Å²) in [7, 11) is 0. The molecule has 0 aliphatic rings. The number of aromatic nitrogens is 1. The van der Waals surface area contributed by atoms with E-state index in [0.717, 1.165) is 18.2 Å². The molecule has 92 valence electrons. The van der Waals surface area contributed by atoms with Crippen molar-refractivity contribution in [3.05, 3.63) is 48.8 Å². The van der Waals surface area contributed by atoms with Crippen molar-refractivity contribution in [1.29, 1.82) is 0 Å². The van der Waals surface area contributed by atoms with Crippen molar-refractivity contribution in [2.24, 2.45) is 0 Å². The SMILES string of the molecule is O=c1[nH]c2cc([N+](=O)[O-])cc([N+](=O)[O-])c2cc1O. The number of nitrogens with one attached hydrogen (secondary N) is 1. The lowest BCUT2D eigenvalue weighted by Gasteiger charge is -2.00. The highest BCUT2D eigenvalue weighted by Gasteiger charge is 2.20. The maximum Gasteiger partial charge on any atom is 0.290 e. The Morgan fingerprint density at radius 1 is 1.11 bits per heavy atom. The first-order chi connectivity index (χ1) is 8.40. The number of non-ortho nitro benzene ring substituents is 2. The first-order valence-corrected chi connectivity index (χ1v) is 4.59. The topological polar surface area (TPSA) is 139 Å². The second-order valence-corrected chi connectivity index (χ2v) is 3.42. The fraction of sp³-hybridized carbons (Fsp3) is 0. The lowest BCUT2D eigenvalue weighted by Crippen LogP contribution is -2.05. The molecule has 0 fully saturated rings. The standard InChI is InChI=1S/C9H5N3O6/c13-8-3-5-6(10-9(8)14)1-4(11(15)16)2-7(5)12(17)18/h1-3,13H,(H,10,14). The molecule has 9 nitrogen and oxygen atoms in total. The Labute approximate surface area is 97.6 Å². The normalized spacial score (nSPS) is 10.4. The predicted octanol–water partition coefficient (Wildman–Crippen LogP) is 1.05. The van der Waals surface area contributed by atoms with Gasteiger partial charge in [-0.05, 0) is 0 Å². The molecular weight excluding hydrogens is 246 g/mol. The van der Waals surface area contributed by atoms with Crippen molar-refractivity contribution in [1.82, 2.24) is 4.98 Å². The fourth-order valence-corrected chi connectivity index (χ4v) is 1.52. The van der Waals surface area contributed by atoms with Gasteiger partial charge in [-0.15, -0.1) is 0 Å². The molecule has 0 atom stereocenters. The summed E-state index contributed by atoms with van der Waals surface area (Å²) in [5.41, 5.74) is -2.04. The highest BCUT2D eigenvalue weighted by Crippen LogP contribution is 2.30. The van der Waals surface area contributed by atoms with Gasteiger partial charge in [-0.3, -0.25) is 25.0 Å². The number of nitrogens with zero attached hydrogens (tertiary/aromatic N) is 2. The summed E-state index contributed by atoms with van der Waals surface area (Å²) in [6, 6.07) is 2.65. The summed E-state index contributed by atoms with van der Waals surface area (Å²) in [6.07, 6.45) is 0.